The van der Waals surface area contributed by atoms with Gasteiger partial charge in [0.25, 0.3) is 0 Å². The molecular weight excluding hydrogens is 306 g/mol. The number of rotatable bonds is 5. The van der Waals surface area contributed by atoms with Gasteiger partial charge in [0.15, 0.2) is 0 Å². The van der Waals surface area contributed by atoms with Crippen molar-refractivity contribution in [3.8, 4) is 5.69 Å². The summed E-state index contributed by atoms with van der Waals surface area (Å²) in [4.78, 5) is 25.6. The second-order valence-corrected chi connectivity index (χ2v) is 6.00. The van der Waals surface area contributed by atoms with Gasteiger partial charge < -0.3 is 10.2 Å². The van der Waals surface area contributed by atoms with Crippen molar-refractivity contribution in [1.82, 2.24) is 25.2 Å². The van der Waals surface area contributed by atoms with Gasteiger partial charge in [-0.2, -0.15) is 0 Å². The second-order valence-electron chi connectivity index (χ2n) is 6.00. The molecule has 1 aliphatic heterocycles. The van der Waals surface area contributed by atoms with Crippen molar-refractivity contribution < 1.29 is 9.59 Å². The summed E-state index contributed by atoms with van der Waals surface area (Å²) in [7, 11) is 0. The molecule has 2 heterocycles. The van der Waals surface area contributed by atoms with Crippen LogP contribution in [0.2, 0.25) is 0 Å². The molecule has 7 heteroatoms. The average molecular weight is 327 g/mol. The molecule has 1 aromatic heterocycles. The first kappa shape index (κ1) is 16.2. The van der Waals surface area contributed by atoms with E-state index in [9.17, 15) is 9.59 Å². The highest BCUT2D eigenvalue weighted by molar-refractivity contribution is 5.85. The summed E-state index contributed by atoms with van der Waals surface area (Å²) in [6.07, 6.45) is 5.84. The van der Waals surface area contributed by atoms with Crippen molar-refractivity contribution >= 4 is 11.8 Å². The van der Waals surface area contributed by atoms with E-state index in [1.165, 1.54) is 0 Å². The van der Waals surface area contributed by atoms with Gasteiger partial charge in [-0.3, -0.25) is 9.59 Å². The third kappa shape index (κ3) is 3.79. The molecule has 1 aliphatic rings. The number of hydrogen-bond donors (Lipinski definition) is 1. The quantitative estimate of drug-likeness (QED) is 0.901. The Morgan fingerprint density at radius 3 is 2.75 bits per heavy atom. The van der Waals surface area contributed by atoms with E-state index in [-0.39, 0.29) is 24.4 Å². The van der Waals surface area contributed by atoms with E-state index in [0.29, 0.717) is 13.0 Å². The molecular formula is C17H21N5O2. The molecule has 0 aliphatic carbocycles. The number of piperidine rings is 1. The van der Waals surface area contributed by atoms with E-state index in [2.05, 4.69) is 15.6 Å². The van der Waals surface area contributed by atoms with Gasteiger partial charge in [-0.15, -0.1) is 5.10 Å². The van der Waals surface area contributed by atoms with E-state index in [4.69, 9.17) is 0 Å². The summed E-state index contributed by atoms with van der Waals surface area (Å²) < 4.78 is 1.68. The van der Waals surface area contributed by atoms with Gasteiger partial charge in [-0.25, -0.2) is 4.68 Å². The van der Waals surface area contributed by atoms with Gasteiger partial charge in [0, 0.05) is 13.0 Å². The first-order valence-corrected chi connectivity index (χ1v) is 8.17. The molecule has 0 radical (unpaired) electrons. The fourth-order valence-corrected chi connectivity index (χ4v) is 2.83. The number of benzene rings is 1. The van der Waals surface area contributed by atoms with E-state index in [1.54, 1.807) is 22.0 Å². The monoisotopic (exact) mass is 327 g/mol. The number of nitrogens with zero attached hydrogens (tertiary/aromatic N) is 4. The van der Waals surface area contributed by atoms with Crippen LogP contribution in [0, 0.1) is 0 Å². The smallest absolute Gasteiger partial charge is 0.240 e. The van der Waals surface area contributed by atoms with Crippen LogP contribution in [0.5, 0.6) is 0 Å². The van der Waals surface area contributed by atoms with Crippen molar-refractivity contribution in [3.05, 3.63) is 42.2 Å². The zero-order valence-corrected chi connectivity index (χ0v) is 13.7. The first-order chi connectivity index (χ1) is 11.6. The lowest BCUT2D eigenvalue weighted by Crippen LogP contribution is -2.43. The SMILES string of the molecule is C[C@H](NC(=O)CN1CCCCC1=O)c1ccc(-n2ccnn2)cc1. The molecule has 0 bridgehead atoms. The van der Waals surface area contributed by atoms with Crippen molar-refractivity contribution in [1.29, 1.82) is 0 Å². The number of amides is 2. The Hall–Kier alpha value is -2.70. The Balaban J connectivity index is 1.57. The molecule has 1 saturated heterocycles. The molecule has 2 aromatic rings. The van der Waals surface area contributed by atoms with Crippen LogP contribution in [-0.4, -0.2) is 44.8 Å². The Morgan fingerprint density at radius 1 is 1.29 bits per heavy atom. The maximum atomic E-state index is 12.2. The molecule has 1 fully saturated rings. The normalized spacial score (nSPS) is 16.0. The maximum Gasteiger partial charge on any atom is 0.240 e. The van der Waals surface area contributed by atoms with E-state index < -0.39 is 0 Å². The first-order valence-electron chi connectivity index (χ1n) is 8.17. The minimum Gasteiger partial charge on any atom is -0.348 e. The largest absolute Gasteiger partial charge is 0.348 e. The molecule has 24 heavy (non-hydrogen) atoms. The topological polar surface area (TPSA) is 80.1 Å². The van der Waals surface area contributed by atoms with Crippen LogP contribution in [-0.2, 0) is 9.59 Å². The van der Waals surface area contributed by atoms with Crippen LogP contribution < -0.4 is 5.32 Å². The molecule has 7 nitrogen and oxygen atoms in total. The van der Waals surface area contributed by atoms with Crippen LogP contribution in [0.25, 0.3) is 5.69 Å². The summed E-state index contributed by atoms with van der Waals surface area (Å²) in [5.41, 5.74) is 1.91. The Bertz CT molecular complexity index is 696. The zero-order chi connectivity index (χ0) is 16.9. The number of likely N-dealkylation sites (tertiary alicyclic amines) is 1. The molecule has 0 spiro atoms. The highest BCUT2D eigenvalue weighted by atomic mass is 16.2. The van der Waals surface area contributed by atoms with Gasteiger partial charge >= 0.3 is 0 Å². The number of hydrogen-bond acceptors (Lipinski definition) is 4. The van der Waals surface area contributed by atoms with Gasteiger partial charge in [0.2, 0.25) is 11.8 Å². The number of nitrogens with one attached hydrogen (secondary N) is 1. The molecule has 0 saturated carbocycles. The third-order valence-electron chi connectivity index (χ3n) is 4.21. The lowest BCUT2D eigenvalue weighted by atomic mass is 10.1. The Morgan fingerprint density at radius 2 is 2.08 bits per heavy atom. The Labute approximate surface area is 140 Å². The van der Waals surface area contributed by atoms with E-state index in [0.717, 1.165) is 24.1 Å². The van der Waals surface area contributed by atoms with Crippen LogP contribution in [0.15, 0.2) is 36.7 Å². The summed E-state index contributed by atoms with van der Waals surface area (Å²) in [6.45, 7) is 2.74. The van der Waals surface area contributed by atoms with Gasteiger partial charge in [0.1, 0.15) is 0 Å². The average Bonchev–Trinajstić information content (AvgIpc) is 3.11. The minimum atomic E-state index is -0.127. The highest BCUT2D eigenvalue weighted by Gasteiger charge is 2.21. The van der Waals surface area contributed by atoms with Gasteiger partial charge in [-0.1, -0.05) is 17.3 Å². The lowest BCUT2D eigenvalue weighted by molar-refractivity contribution is -0.138. The predicted octanol–water partition coefficient (Wildman–Crippen LogP) is 1.46. The number of carbonyl (C=O) groups is 2. The summed E-state index contributed by atoms with van der Waals surface area (Å²) in [6, 6.07) is 7.64. The molecule has 3 rings (SSSR count). The standard InChI is InChI=1S/C17H21N5O2/c1-13(19-16(23)12-21-10-3-2-4-17(21)24)14-5-7-15(8-6-14)22-11-9-18-20-22/h5-9,11,13H,2-4,10,12H2,1H3,(H,19,23)/t13-/m0/s1. The minimum absolute atomic E-state index is 0.0706. The molecule has 1 aromatic carbocycles. The number of aromatic nitrogens is 3. The number of carbonyl (C=O) groups excluding carboxylic acids is 2. The van der Waals surface area contributed by atoms with Crippen molar-refractivity contribution in [2.24, 2.45) is 0 Å². The fraction of sp³-hybridized carbons (Fsp3) is 0.412. The Kier molecular flexibility index (Phi) is 4.88. The zero-order valence-electron chi connectivity index (χ0n) is 13.7. The second kappa shape index (κ2) is 7.25. The molecule has 1 atom stereocenters. The van der Waals surface area contributed by atoms with Crippen LogP contribution in [0.4, 0.5) is 0 Å². The molecule has 126 valence electrons. The maximum absolute atomic E-state index is 12.2. The fourth-order valence-electron chi connectivity index (χ4n) is 2.83. The third-order valence-corrected chi connectivity index (χ3v) is 4.21. The lowest BCUT2D eigenvalue weighted by Gasteiger charge is -2.26. The van der Waals surface area contributed by atoms with Gasteiger partial charge in [0.05, 0.1) is 30.7 Å². The molecule has 2 amide bonds. The molecule has 1 N–H and O–H groups in total. The van der Waals surface area contributed by atoms with Crippen molar-refractivity contribution in [3.63, 3.8) is 0 Å². The van der Waals surface area contributed by atoms with Crippen molar-refractivity contribution in [2.75, 3.05) is 13.1 Å². The van der Waals surface area contributed by atoms with Crippen molar-refractivity contribution in [2.45, 2.75) is 32.2 Å². The van der Waals surface area contributed by atoms with Crippen LogP contribution >= 0.6 is 0 Å². The van der Waals surface area contributed by atoms with E-state index in [1.807, 2.05) is 31.2 Å². The summed E-state index contributed by atoms with van der Waals surface area (Å²) in [5.74, 6) is -0.0562. The summed E-state index contributed by atoms with van der Waals surface area (Å²) in [5, 5.41) is 10.7. The van der Waals surface area contributed by atoms with E-state index >= 15 is 0 Å². The molecule has 0 unspecified atom stereocenters. The van der Waals surface area contributed by atoms with Crippen LogP contribution in [0.3, 0.4) is 0 Å². The van der Waals surface area contributed by atoms with Crippen LogP contribution in [0.1, 0.15) is 37.8 Å². The summed E-state index contributed by atoms with van der Waals surface area (Å²) >= 11 is 0. The highest BCUT2D eigenvalue weighted by Crippen LogP contribution is 2.15. The predicted molar refractivity (Wildman–Crippen MR) is 88.3 cm³/mol. The van der Waals surface area contributed by atoms with Gasteiger partial charge in [-0.05, 0) is 37.5 Å².